The number of nitrogens with zero attached hydrogens (tertiary/aromatic N) is 3. The monoisotopic (exact) mass is 616 g/mol. The molecule has 11 heteroatoms. The number of hydrogen-bond donors (Lipinski definition) is 1. The van der Waals surface area contributed by atoms with Crippen LogP contribution >= 0.6 is 51.6 Å². The Hall–Kier alpha value is -1.84. The SMILES string of the molecule is CC(Oc1ccc2c(c1)C(/C=C(\F)c1ccc(C=O)nc1)NN2PI)c1c(Cl)cncc1Cl. The van der Waals surface area contributed by atoms with Crippen LogP contribution in [0.5, 0.6) is 5.75 Å². The second-order valence-electron chi connectivity index (χ2n) is 7.13. The zero-order chi connectivity index (χ0) is 23.5. The molecule has 3 atom stereocenters. The lowest BCUT2D eigenvalue weighted by Crippen LogP contribution is -2.25. The molecule has 0 spiro atoms. The van der Waals surface area contributed by atoms with Crippen LogP contribution in [-0.2, 0) is 0 Å². The van der Waals surface area contributed by atoms with Crippen LogP contribution < -0.4 is 14.9 Å². The van der Waals surface area contributed by atoms with Gasteiger partial charge >= 0.3 is 0 Å². The van der Waals surface area contributed by atoms with Crippen LogP contribution in [0.2, 0.25) is 10.0 Å². The Bertz CT molecular complexity index is 1200. The standard InChI is InChI=1S/C22H17Cl2FIN4O2P/c1-12(22-17(23)9-27-10-18(22)24)32-15-4-5-21-16(6-15)20(29-30(21)33-26)7-19(25)13-2-3-14(11-31)28-8-13/h2-12,20,29,33H,1H3/b19-7-. The summed E-state index contributed by atoms with van der Waals surface area (Å²) in [4.78, 5) is 18.7. The van der Waals surface area contributed by atoms with Crippen molar-refractivity contribution in [3.8, 4) is 5.75 Å². The molecule has 3 unspecified atom stereocenters. The number of aldehydes is 1. The molecule has 0 amide bonds. The van der Waals surface area contributed by atoms with E-state index >= 15 is 0 Å². The topological polar surface area (TPSA) is 67.3 Å². The molecule has 1 aliphatic heterocycles. The smallest absolute Gasteiger partial charge is 0.168 e. The highest BCUT2D eigenvalue weighted by atomic mass is 127. The molecule has 0 fully saturated rings. The van der Waals surface area contributed by atoms with Gasteiger partial charge in [-0.05, 0) is 65.4 Å². The summed E-state index contributed by atoms with van der Waals surface area (Å²) >= 11 is 14.8. The van der Waals surface area contributed by atoms with E-state index in [0.717, 1.165) is 11.3 Å². The highest BCUT2D eigenvalue weighted by Gasteiger charge is 2.28. The molecule has 3 heterocycles. The van der Waals surface area contributed by atoms with Crippen molar-refractivity contribution >= 4 is 69.4 Å². The number of ether oxygens (including phenoxy) is 1. The first-order valence-electron chi connectivity index (χ1n) is 9.72. The molecule has 4 rings (SSSR count). The fourth-order valence-corrected chi connectivity index (χ4v) is 5.82. The van der Waals surface area contributed by atoms with E-state index in [2.05, 4.69) is 37.4 Å². The van der Waals surface area contributed by atoms with Gasteiger partial charge in [-0.1, -0.05) is 23.2 Å². The van der Waals surface area contributed by atoms with Crippen molar-refractivity contribution in [1.82, 2.24) is 15.4 Å². The van der Waals surface area contributed by atoms with Crippen LogP contribution in [0.1, 0.15) is 46.2 Å². The summed E-state index contributed by atoms with van der Waals surface area (Å²) in [5, 5.41) is 0.847. The third-order valence-electron chi connectivity index (χ3n) is 5.03. The van der Waals surface area contributed by atoms with Crippen molar-refractivity contribution in [2.45, 2.75) is 19.1 Å². The number of hydrogen-bond acceptors (Lipinski definition) is 6. The van der Waals surface area contributed by atoms with E-state index in [4.69, 9.17) is 27.9 Å². The zero-order valence-electron chi connectivity index (χ0n) is 17.1. The van der Waals surface area contributed by atoms with Crippen molar-refractivity contribution in [2.24, 2.45) is 0 Å². The van der Waals surface area contributed by atoms with Gasteiger partial charge in [0.15, 0.2) is 6.29 Å². The van der Waals surface area contributed by atoms with E-state index in [1.54, 1.807) is 0 Å². The van der Waals surface area contributed by atoms with Crippen molar-refractivity contribution in [2.75, 3.05) is 4.78 Å². The number of aromatic nitrogens is 2. The average Bonchev–Trinajstić information content (AvgIpc) is 3.15. The predicted octanol–water partition coefficient (Wildman–Crippen LogP) is 7.06. The largest absolute Gasteiger partial charge is 0.486 e. The second-order valence-corrected chi connectivity index (χ2v) is 10.0. The lowest BCUT2D eigenvalue weighted by molar-refractivity contribution is 0.111. The number of fused-ring (bicyclic) bond motifs is 1. The molecular weight excluding hydrogens is 600 g/mol. The highest BCUT2D eigenvalue weighted by Crippen LogP contribution is 2.45. The second kappa shape index (κ2) is 10.6. The van der Waals surface area contributed by atoms with Gasteiger partial charge in [0.2, 0.25) is 0 Å². The third kappa shape index (κ3) is 5.30. The number of carbonyl (C=O) groups is 1. The molecular formula is C22H17Cl2FIN4O2P. The number of anilines is 1. The Kier molecular flexibility index (Phi) is 7.81. The summed E-state index contributed by atoms with van der Waals surface area (Å²) in [7, 11) is 0. The molecule has 170 valence electrons. The summed E-state index contributed by atoms with van der Waals surface area (Å²) in [6.45, 7) is 1.85. The summed E-state index contributed by atoms with van der Waals surface area (Å²) in [6, 6.07) is 8.25. The maximum Gasteiger partial charge on any atom is 0.168 e. The molecule has 0 radical (unpaired) electrons. The minimum absolute atomic E-state index is 0.249. The Balaban J connectivity index is 1.62. The van der Waals surface area contributed by atoms with Crippen LogP contribution in [0.4, 0.5) is 10.1 Å². The number of pyridine rings is 2. The number of benzene rings is 1. The molecule has 1 aromatic carbocycles. The number of nitrogens with one attached hydrogen (secondary N) is 1. The number of rotatable bonds is 7. The maximum absolute atomic E-state index is 15.0. The van der Waals surface area contributed by atoms with Gasteiger partial charge in [0.1, 0.15) is 23.4 Å². The molecule has 1 aliphatic rings. The molecule has 0 saturated heterocycles. The lowest BCUT2D eigenvalue weighted by Gasteiger charge is -2.18. The van der Waals surface area contributed by atoms with Crippen LogP contribution in [0.15, 0.2) is 55.0 Å². The van der Waals surface area contributed by atoms with Gasteiger partial charge in [-0.2, -0.15) is 0 Å². The maximum atomic E-state index is 15.0. The minimum Gasteiger partial charge on any atom is -0.486 e. The first kappa shape index (κ1) is 24.3. The van der Waals surface area contributed by atoms with Crippen molar-refractivity contribution in [3.05, 3.63) is 87.4 Å². The Morgan fingerprint density at radius 2 is 2.03 bits per heavy atom. The van der Waals surface area contributed by atoms with E-state index in [9.17, 15) is 9.18 Å². The van der Waals surface area contributed by atoms with E-state index < -0.39 is 18.0 Å². The molecule has 0 aliphatic carbocycles. The van der Waals surface area contributed by atoms with Crippen molar-refractivity contribution < 1.29 is 13.9 Å². The molecule has 0 saturated carbocycles. The summed E-state index contributed by atoms with van der Waals surface area (Å²) in [5.74, 6) is 0.151. The average molecular weight is 617 g/mol. The van der Waals surface area contributed by atoms with Gasteiger partial charge in [0.25, 0.3) is 0 Å². The van der Waals surface area contributed by atoms with Crippen LogP contribution in [-0.4, -0.2) is 16.3 Å². The van der Waals surface area contributed by atoms with Gasteiger partial charge in [0.05, 0.1) is 28.1 Å². The zero-order valence-corrected chi connectivity index (χ0v) is 21.8. The summed E-state index contributed by atoms with van der Waals surface area (Å²) in [5.41, 5.74) is 6.29. The quantitative estimate of drug-likeness (QED) is 0.174. The van der Waals surface area contributed by atoms with Gasteiger partial charge in [-0.3, -0.25) is 19.5 Å². The predicted molar refractivity (Wildman–Crippen MR) is 139 cm³/mol. The lowest BCUT2D eigenvalue weighted by atomic mass is 10.0. The Morgan fingerprint density at radius 3 is 2.67 bits per heavy atom. The fourth-order valence-electron chi connectivity index (χ4n) is 3.47. The minimum atomic E-state index is -0.447. The van der Waals surface area contributed by atoms with Crippen molar-refractivity contribution in [1.29, 1.82) is 0 Å². The van der Waals surface area contributed by atoms with Crippen LogP contribution in [0.25, 0.3) is 5.83 Å². The number of halogens is 4. The number of carbonyl (C=O) groups excluding carboxylic acids is 1. The molecule has 1 N–H and O–H groups in total. The third-order valence-corrected chi connectivity index (χ3v) is 7.62. The highest BCUT2D eigenvalue weighted by molar-refractivity contribution is 14.2. The van der Waals surface area contributed by atoms with Gasteiger partial charge in [0, 0.05) is 35.3 Å². The first-order valence-corrected chi connectivity index (χ1v) is 14.5. The van der Waals surface area contributed by atoms with Gasteiger partial charge in [-0.25, -0.2) is 9.82 Å². The van der Waals surface area contributed by atoms with E-state index in [0.29, 0.717) is 39.6 Å². The Morgan fingerprint density at radius 1 is 1.27 bits per heavy atom. The molecule has 3 aromatic rings. The van der Waals surface area contributed by atoms with Crippen LogP contribution in [0, 0.1) is 0 Å². The van der Waals surface area contributed by atoms with E-state index in [1.807, 2.05) is 29.9 Å². The Labute approximate surface area is 214 Å². The summed E-state index contributed by atoms with van der Waals surface area (Å²) in [6.07, 6.45) is 6.47. The number of hydrazine groups is 1. The van der Waals surface area contributed by atoms with E-state index in [-0.39, 0.29) is 5.69 Å². The molecule has 2 aromatic heterocycles. The van der Waals surface area contributed by atoms with Crippen molar-refractivity contribution in [3.63, 3.8) is 0 Å². The molecule has 33 heavy (non-hydrogen) atoms. The molecule has 6 nitrogen and oxygen atoms in total. The van der Waals surface area contributed by atoms with Gasteiger partial charge < -0.3 is 4.74 Å². The molecule has 0 bridgehead atoms. The normalized spacial score (nSPS) is 16.8. The fraction of sp³-hybridized carbons (Fsp3) is 0.136. The van der Waals surface area contributed by atoms with E-state index in [1.165, 1.54) is 36.8 Å². The van der Waals surface area contributed by atoms with Gasteiger partial charge in [-0.15, -0.1) is 0 Å². The first-order chi connectivity index (χ1) is 15.9. The summed E-state index contributed by atoms with van der Waals surface area (Å²) < 4.78 is 23.1. The van der Waals surface area contributed by atoms with Crippen LogP contribution in [0.3, 0.4) is 0 Å².